The zero-order valence-electron chi connectivity index (χ0n) is 28.2. The molecule has 0 fully saturated rings. The molecule has 46 heavy (non-hydrogen) atoms. The molecule has 4 amide bonds. The summed E-state index contributed by atoms with van der Waals surface area (Å²) in [5, 5.41) is 23.4. The molecule has 0 aliphatic rings. The molecule has 10 heteroatoms. The molecule has 2 rings (SSSR count). The zero-order chi connectivity index (χ0) is 34.5. The minimum Gasteiger partial charge on any atom is -0.394 e. The lowest BCUT2D eigenvalue weighted by molar-refractivity contribution is -0.129. The van der Waals surface area contributed by atoms with Gasteiger partial charge in [0.05, 0.1) is 13.2 Å². The van der Waals surface area contributed by atoms with Gasteiger partial charge in [-0.15, -0.1) is 0 Å². The lowest BCUT2D eigenvalue weighted by atomic mass is 10.1. The number of hydrogen-bond acceptors (Lipinski definition) is 6. The lowest BCUT2D eigenvalue weighted by Crippen LogP contribution is -2.34. The van der Waals surface area contributed by atoms with Crippen LogP contribution in [0.1, 0.15) is 84.2 Å². The maximum Gasteiger partial charge on any atom is 0.251 e. The number of benzene rings is 2. The van der Waals surface area contributed by atoms with E-state index in [0.717, 1.165) is 36.8 Å². The fourth-order valence-corrected chi connectivity index (χ4v) is 3.90. The van der Waals surface area contributed by atoms with E-state index in [2.05, 4.69) is 10.6 Å². The van der Waals surface area contributed by atoms with Crippen LogP contribution in [0.5, 0.6) is 0 Å². The van der Waals surface area contributed by atoms with E-state index < -0.39 is 0 Å². The van der Waals surface area contributed by atoms with Crippen molar-refractivity contribution in [2.24, 2.45) is 0 Å². The molecule has 10 nitrogen and oxygen atoms in total. The van der Waals surface area contributed by atoms with Gasteiger partial charge in [-0.25, -0.2) is 0 Å². The van der Waals surface area contributed by atoms with Crippen LogP contribution in [0.25, 0.3) is 12.2 Å². The predicted molar refractivity (Wildman–Crippen MR) is 184 cm³/mol. The smallest absolute Gasteiger partial charge is 0.251 e. The van der Waals surface area contributed by atoms with Crippen molar-refractivity contribution in [1.82, 2.24) is 20.4 Å². The van der Waals surface area contributed by atoms with Gasteiger partial charge in [0.25, 0.3) is 11.8 Å². The molecule has 2 aromatic carbocycles. The first-order valence-electron chi connectivity index (χ1n) is 15.6. The Morgan fingerprint density at radius 2 is 1.04 bits per heavy atom. The Hall–Kier alpha value is -4.28. The first kappa shape index (κ1) is 39.7. The number of hydrogen-bond donors (Lipinski definition) is 4. The molecule has 0 aromatic heterocycles. The standard InChI is InChI=1S/2C18H26N2O3/c2*1-14(13-21)19-18(23)16-10-7-9-15(12-16)8-5-4-6-11-17(22)20(2)3/h2*5,7-10,12,14,21H,4,6,11,13H2,1-3H3,(H,19,23)/b2*8-5-/t2*14-/m10/s1. The van der Waals surface area contributed by atoms with Crippen molar-refractivity contribution in [2.75, 3.05) is 41.4 Å². The molecule has 0 saturated carbocycles. The van der Waals surface area contributed by atoms with Gasteiger partial charge in [-0.1, -0.05) is 48.6 Å². The molecule has 0 heterocycles. The summed E-state index contributed by atoms with van der Waals surface area (Å²) in [4.78, 5) is 50.1. The van der Waals surface area contributed by atoms with Gasteiger partial charge in [0, 0.05) is 64.2 Å². The average molecular weight is 637 g/mol. The molecule has 0 saturated heterocycles. The summed E-state index contributed by atoms with van der Waals surface area (Å²) in [7, 11) is 7.03. The Bertz CT molecular complexity index is 1210. The van der Waals surface area contributed by atoms with Crippen LogP contribution < -0.4 is 10.6 Å². The van der Waals surface area contributed by atoms with Crippen molar-refractivity contribution in [3.63, 3.8) is 0 Å². The number of aliphatic hydroxyl groups is 2. The van der Waals surface area contributed by atoms with Gasteiger partial charge in [-0.05, 0) is 74.9 Å². The van der Waals surface area contributed by atoms with Crippen molar-refractivity contribution in [1.29, 1.82) is 0 Å². The quantitative estimate of drug-likeness (QED) is 0.204. The number of amides is 4. The number of rotatable bonds is 16. The van der Waals surface area contributed by atoms with Crippen LogP contribution in [0, 0.1) is 0 Å². The SMILES string of the molecule is C[C@@H](CO)NC(=O)c1cccc(/C=C\CCCC(=O)N(C)C)c1.C[C@H](CO)NC(=O)c1cccc(/C=C\CCCC(=O)N(C)C)c1. The number of nitrogens with one attached hydrogen (secondary N) is 2. The average Bonchev–Trinajstić information content (AvgIpc) is 3.04. The Balaban J connectivity index is 0.000000460. The normalized spacial score (nSPS) is 12.2. The summed E-state index contributed by atoms with van der Waals surface area (Å²) in [6.07, 6.45) is 12.3. The Morgan fingerprint density at radius 1 is 0.674 bits per heavy atom. The summed E-state index contributed by atoms with van der Waals surface area (Å²) in [6.45, 7) is 3.32. The fourth-order valence-electron chi connectivity index (χ4n) is 3.90. The minimum atomic E-state index is -0.268. The van der Waals surface area contributed by atoms with Gasteiger partial charge in [0.1, 0.15) is 0 Å². The zero-order valence-corrected chi connectivity index (χ0v) is 28.2. The molecule has 0 aliphatic heterocycles. The number of aliphatic hydroxyl groups excluding tert-OH is 2. The van der Waals surface area contributed by atoms with Crippen molar-refractivity contribution in [3.05, 3.63) is 82.9 Å². The molecule has 2 aromatic rings. The first-order valence-corrected chi connectivity index (χ1v) is 15.6. The molecule has 0 unspecified atom stereocenters. The second kappa shape index (κ2) is 22.3. The summed E-state index contributed by atoms with van der Waals surface area (Å²) < 4.78 is 0. The lowest BCUT2D eigenvalue weighted by Gasteiger charge is -2.10. The predicted octanol–water partition coefficient (Wildman–Crippen LogP) is 4.14. The van der Waals surface area contributed by atoms with E-state index in [1.54, 1.807) is 76.1 Å². The van der Waals surface area contributed by atoms with Crippen LogP contribution in [0.15, 0.2) is 60.7 Å². The van der Waals surface area contributed by atoms with Crippen molar-refractivity contribution in [3.8, 4) is 0 Å². The van der Waals surface area contributed by atoms with Crippen LogP contribution in [-0.2, 0) is 9.59 Å². The molecule has 0 bridgehead atoms. The maximum atomic E-state index is 12.0. The van der Waals surface area contributed by atoms with E-state index in [9.17, 15) is 19.2 Å². The number of unbranched alkanes of at least 4 members (excludes halogenated alkanes) is 2. The highest BCUT2D eigenvalue weighted by Gasteiger charge is 2.10. The largest absolute Gasteiger partial charge is 0.394 e. The molecule has 2 atom stereocenters. The first-order chi connectivity index (χ1) is 21.9. The van der Waals surface area contributed by atoms with Crippen LogP contribution in [0.4, 0.5) is 0 Å². The fraction of sp³-hybridized carbons (Fsp3) is 0.444. The van der Waals surface area contributed by atoms with Gasteiger partial charge in [0.15, 0.2) is 0 Å². The number of allylic oxidation sites excluding steroid dienone is 2. The van der Waals surface area contributed by atoms with Gasteiger partial charge in [0.2, 0.25) is 11.8 Å². The summed E-state index contributed by atoms with van der Waals surface area (Å²) in [5.74, 6) is -0.123. The van der Waals surface area contributed by atoms with E-state index in [4.69, 9.17) is 10.2 Å². The van der Waals surface area contributed by atoms with Gasteiger partial charge in [-0.2, -0.15) is 0 Å². The number of nitrogens with zero attached hydrogens (tertiary/aromatic N) is 2. The second-order valence-corrected chi connectivity index (χ2v) is 11.5. The number of carbonyl (C=O) groups is 4. The Labute approximate surface area is 274 Å². The third kappa shape index (κ3) is 16.7. The van der Waals surface area contributed by atoms with E-state index >= 15 is 0 Å². The molecular weight excluding hydrogens is 584 g/mol. The van der Waals surface area contributed by atoms with Crippen molar-refractivity contribution < 1.29 is 29.4 Å². The molecule has 0 radical (unpaired) electrons. The third-order valence-corrected chi connectivity index (χ3v) is 6.74. The monoisotopic (exact) mass is 636 g/mol. The third-order valence-electron chi connectivity index (χ3n) is 6.74. The van der Waals surface area contributed by atoms with Crippen molar-refractivity contribution >= 4 is 35.8 Å². The van der Waals surface area contributed by atoms with Crippen LogP contribution in [-0.4, -0.2) is 97.1 Å². The highest BCUT2D eigenvalue weighted by molar-refractivity contribution is 5.95. The van der Waals surface area contributed by atoms with E-state index in [-0.39, 0.29) is 48.9 Å². The van der Waals surface area contributed by atoms with E-state index in [0.29, 0.717) is 24.0 Å². The molecule has 0 spiro atoms. The highest BCUT2D eigenvalue weighted by atomic mass is 16.3. The van der Waals surface area contributed by atoms with Crippen LogP contribution in [0.2, 0.25) is 0 Å². The van der Waals surface area contributed by atoms with Crippen LogP contribution in [0.3, 0.4) is 0 Å². The summed E-state index contributed by atoms with van der Waals surface area (Å²) >= 11 is 0. The van der Waals surface area contributed by atoms with E-state index in [1.807, 2.05) is 48.6 Å². The summed E-state index contributed by atoms with van der Waals surface area (Å²) in [5.41, 5.74) is 3.01. The van der Waals surface area contributed by atoms with Crippen molar-refractivity contribution in [2.45, 2.75) is 64.5 Å². The summed E-state index contributed by atoms with van der Waals surface area (Å²) in [6, 6.07) is 14.1. The van der Waals surface area contributed by atoms with E-state index in [1.165, 1.54) is 0 Å². The minimum absolute atomic E-state index is 0.0863. The Kier molecular flexibility index (Phi) is 19.2. The number of carbonyl (C=O) groups excluding carboxylic acids is 4. The molecule has 0 aliphatic carbocycles. The van der Waals surface area contributed by atoms with Gasteiger partial charge < -0.3 is 30.6 Å². The van der Waals surface area contributed by atoms with Crippen LogP contribution >= 0.6 is 0 Å². The van der Waals surface area contributed by atoms with Gasteiger partial charge >= 0.3 is 0 Å². The Morgan fingerprint density at radius 3 is 1.37 bits per heavy atom. The van der Waals surface area contributed by atoms with Gasteiger partial charge in [-0.3, -0.25) is 19.2 Å². The molecule has 252 valence electrons. The molecule has 4 N–H and O–H groups in total. The topological polar surface area (TPSA) is 139 Å². The highest BCUT2D eigenvalue weighted by Crippen LogP contribution is 2.11. The maximum absolute atomic E-state index is 12.0. The molecular formula is C36H52N4O6. The second-order valence-electron chi connectivity index (χ2n) is 11.5.